The molecular formula is C30H42N4O4. The second-order valence-corrected chi connectivity index (χ2v) is 11.7. The Balaban J connectivity index is 1.17. The molecule has 0 bridgehead atoms. The van der Waals surface area contributed by atoms with E-state index < -0.39 is 4.92 Å². The van der Waals surface area contributed by atoms with E-state index in [1.807, 2.05) is 4.90 Å². The number of nitrogens with one attached hydrogen (secondary N) is 1. The molecule has 0 atom stereocenters. The lowest BCUT2D eigenvalue weighted by molar-refractivity contribution is -0.385. The van der Waals surface area contributed by atoms with E-state index in [1.54, 1.807) is 12.1 Å². The van der Waals surface area contributed by atoms with Crippen molar-refractivity contribution in [2.75, 3.05) is 45.2 Å². The highest BCUT2D eigenvalue weighted by molar-refractivity contribution is 5.76. The summed E-state index contributed by atoms with van der Waals surface area (Å²) in [6, 6.07) is 14.2. The average Bonchev–Trinajstić information content (AvgIpc) is 2.92. The minimum absolute atomic E-state index is 0.0440. The van der Waals surface area contributed by atoms with Crippen LogP contribution in [0.5, 0.6) is 5.75 Å². The van der Waals surface area contributed by atoms with Gasteiger partial charge in [-0.1, -0.05) is 45.0 Å². The maximum Gasteiger partial charge on any atom is 0.311 e. The highest BCUT2D eigenvalue weighted by atomic mass is 16.6. The van der Waals surface area contributed by atoms with Gasteiger partial charge in [-0.15, -0.1) is 0 Å². The van der Waals surface area contributed by atoms with Gasteiger partial charge in [0.2, 0.25) is 5.91 Å². The lowest BCUT2D eigenvalue weighted by atomic mass is 9.84. The normalized spacial score (nSPS) is 17.8. The van der Waals surface area contributed by atoms with Gasteiger partial charge in [0.1, 0.15) is 0 Å². The molecule has 206 valence electrons. The van der Waals surface area contributed by atoms with Crippen molar-refractivity contribution in [1.82, 2.24) is 9.80 Å². The van der Waals surface area contributed by atoms with Crippen molar-refractivity contribution < 1.29 is 14.5 Å². The predicted molar refractivity (Wildman–Crippen MR) is 151 cm³/mol. The van der Waals surface area contributed by atoms with E-state index in [9.17, 15) is 14.9 Å². The van der Waals surface area contributed by atoms with Crippen LogP contribution in [0.2, 0.25) is 0 Å². The quantitative estimate of drug-likeness (QED) is 0.360. The monoisotopic (exact) mass is 522 g/mol. The molecule has 2 saturated heterocycles. The van der Waals surface area contributed by atoms with Gasteiger partial charge in [-0.05, 0) is 67.3 Å². The molecule has 0 spiro atoms. The van der Waals surface area contributed by atoms with E-state index >= 15 is 0 Å². The fourth-order valence-corrected chi connectivity index (χ4v) is 5.58. The Kier molecular flexibility index (Phi) is 8.92. The molecule has 2 heterocycles. The highest BCUT2D eigenvalue weighted by Gasteiger charge is 2.26. The molecule has 2 aliphatic rings. The van der Waals surface area contributed by atoms with Gasteiger partial charge in [0.25, 0.3) is 0 Å². The number of nitrogens with zero attached hydrogens (tertiary/aromatic N) is 3. The van der Waals surface area contributed by atoms with Crippen molar-refractivity contribution >= 4 is 17.3 Å². The number of piperidine rings is 2. The second kappa shape index (κ2) is 12.2. The molecular weight excluding hydrogens is 480 g/mol. The second-order valence-electron chi connectivity index (χ2n) is 11.7. The number of nitro benzene ring substituents is 1. The Morgan fingerprint density at radius 2 is 1.68 bits per heavy atom. The summed E-state index contributed by atoms with van der Waals surface area (Å²) in [7, 11) is 1.43. The van der Waals surface area contributed by atoms with Crippen LogP contribution in [0, 0.1) is 10.1 Å². The third-order valence-corrected chi connectivity index (χ3v) is 8.07. The third kappa shape index (κ3) is 7.04. The van der Waals surface area contributed by atoms with Crippen molar-refractivity contribution in [3.63, 3.8) is 0 Å². The minimum Gasteiger partial charge on any atom is -0.490 e. The first-order valence-corrected chi connectivity index (χ1v) is 13.8. The number of amides is 1. The molecule has 4 rings (SSSR count). The number of anilines is 1. The van der Waals surface area contributed by atoms with Crippen molar-refractivity contribution in [2.24, 2.45) is 0 Å². The van der Waals surface area contributed by atoms with Crippen LogP contribution in [0.25, 0.3) is 0 Å². The molecule has 38 heavy (non-hydrogen) atoms. The number of benzene rings is 2. The molecule has 2 aromatic carbocycles. The first-order chi connectivity index (χ1) is 18.1. The number of carbonyl (C=O) groups excluding carboxylic acids is 1. The topological polar surface area (TPSA) is 88.0 Å². The Morgan fingerprint density at radius 3 is 2.26 bits per heavy atom. The number of methoxy groups -OCH3 is 1. The van der Waals surface area contributed by atoms with Crippen LogP contribution >= 0.6 is 0 Å². The Labute approximate surface area is 226 Å². The van der Waals surface area contributed by atoms with Gasteiger partial charge in [-0.2, -0.15) is 0 Å². The third-order valence-electron chi connectivity index (χ3n) is 8.07. The van der Waals surface area contributed by atoms with Gasteiger partial charge < -0.3 is 19.9 Å². The number of hydrogen-bond donors (Lipinski definition) is 1. The predicted octanol–water partition coefficient (Wildman–Crippen LogP) is 5.57. The molecule has 0 aromatic heterocycles. The summed E-state index contributed by atoms with van der Waals surface area (Å²) in [5.74, 6) is 1.09. The van der Waals surface area contributed by atoms with Crippen LogP contribution in [0.3, 0.4) is 0 Å². The van der Waals surface area contributed by atoms with Gasteiger partial charge in [0.05, 0.1) is 12.0 Å². The average molecular weight is 523 g/mol. The SMILES string of the molecule is COc1cc(NC2CCN(C(=O)CCN3CCC(c4ccc(C(C)(C)C)cc4)CC3)CC2)ccc1[N+](=O)[O-]. The number of rotatable bonds is 8. The van der Waals surface area contributed by atoms with E-state index in [1.165, 1.54) is 24.3 Å². The first-order valence-electron chi connectivity index (χ1n) is 13.8. The number of carbonyl (C=O) groups is 1. The van der Waals surface area contributed by atoms with Crippen LogP contribution in [0.1, 0.15) is 69.9 Å². The van der Waals surface area contributed by atoms with E-state index in [-0.39, 0.29) is 28.8 Å². The molecule has 0 saturated carbocycles. The lowest BCUT2D eigenvalue weighted by Gasteiger charge is -2.35. The Hall–Kier alpha value is -3.13. The summed E-state index contributed by atoms with van der Waals surface area (Å²) in [6.45, 7) is 11.1. The van der Waals surface area contributed by atoms with E-state index in [0.717, 1.165) is 64.1 Å². The smallest absolute Gasteiger partial charge is 0.311 e. The van der Waals surface area contributed by atoms with Crippen LogP contribution < -0.4 is 10.1 Å². The van der Waals surface area contributed by atoms with Crippen molar-refractivity contribution in [3.05, 3.63) is 63.7 Å². The fourth-order valence-electron chi connectivity index (χ4n) is 5.58. The van der Waals surface area contributed by atoms with Crippen LogP contribution in [0.4, 0.5) is 11.4 Å². The molecule has 1 N–H and O–H groups in total. The van der Waals surface area contributed by atoms with E-state index in [0.29, 0.717) is 12.3 Å². The summed E-state index contributed by atoms with van der Waals surface area (Å²) in [5, 5.41) is 14.6. The zero-order valence-electron chi connectivity index (χ0n) is 23.2. The summed E-state index contributed by atoms with van der Waals surface area (Å²) in [6.07, 6.45) is 4.57. The van der Waals surface area contributed by atoms with Gasteiger partial charge >= 0.3 is 5.69 Å². The highest BCUT2D eigenvalue weighted by Crippen LogP contribution is 2.32. The van der Waals surface area contributed by atoms with Crippen LogP contribution in [-0.2, 0) is 10.2 Å². The molecule has 2 fully saturated rings. The molecule has 8 heteroatoms. The molecule has 2 aliphatic heterocycles. The zero-order valence-corrected chi connectivity index (χ0v) is 23.2. The summed E-state index contributed by atoms with van der Waals surface area (Å²) in [5.41, 5.74) is 3.76. The van der Waals surface area contributed by atoms with Gasteiger partial charge in [0, 0.05) is 49.9 Å². The Bertz CT molecular complexity index is 1100. The van der Waals surface area contributed by atoms with E-state index in [4.69, 9.17) is 4.74 Å². The summed E-state index contributed by atoms with van der Waals surface area (Å²) >= 11 is 0. The fraction of sp³-hybridized carbons (Fsp3) is 0.567. The molecule has 8 nitrogen and oxygen atoms in total. The van der Waals surface area contributed by atoms with Crippen molar-refractivity contribution in [2.45, 2.75) is 70.3 Å². The molecule has 0 aliphatic carbocycles. The summed E-state index contributed by atoms with van der Waals surface area (Å²) in [4.78, 5) is 28.0. The Morgan fingerprint density at radius 1 is 1.03 bits per heavy atom. The summed E-state index contributed by atoms with van der Waals surface area (Å²) < 4.78 is 5.17. The van der Waals surface area contributed by atoms with Gasteiger partial charge in [-0.3, -0.25) is 14.9 Å². The molecule has 2 aromatic rings. The number of hydrogen-bond acceptors (Lipinski definition) is 6. The lowest BCUT2D eigenvalue weighted by Crippen LogP contribution is -2.43. The van der Waals surface area contributed by atoms with E-state index in [2.05, 4.69) is 55.3 Å². The zero-order chi connectivity index (χ0) is 27.3. The largest absolute Gasteiger partial charge is 0.490 e. The minimum atomic E-state index is -0.444. The van der Waals surface area contributed by atoms with Gasteiger partial charge in [0.15, 0.2) is 5.75 Å². The number of nitro groups is 1. The number of likely N-dealkylation sites (tertiary alicyclic amines) is 2. The van der Waals surface area contributed by atoms with Gasteiger partial charge in [-0.25, -0.2) is 0 Å². The van der Waals surface area contributed by atoms with Crippen molar-refractivity contribution in [1.29, 1.82) is 0 Å². The maximum absolute atomic E-state index is 12.9. The first kappa shape index (κ1) is 27.9. The van der Waals surface area contributed by atoms with Crippen LogP contribution in [0.15, 0.2) is 42.5 Å². The number of ether oxygens (including phenoxy) is 1. The molecule has 0 radical (unpaired) electrons. The standard InChI is InChI=1S/C30H42N4O4/c1-30(2,3)24-7-5-22(6-8-24)23-11-16-32(17-12-23)18-15-29(35)33-19-13-25(14-20-33)31-26-9-10-27(34(36)37)28(21-26)38-4/h5-10,21,23,25,31H,11-20H2,1-4H3. The maximum atomic E-state index is 12.9. The molecule has 1 amide bonds. The van der Waals surface area contributed by atoms with Crippen molar-refractivity contribution in [3.8, 4) is 5.75 Å². The molecule has 0 unspecified atom stereocenters. The van der Waals surface area contributed by atoms with Crippen LogP contribution in [-0.4, -0.2) is 66.5 Å².